The number of nitrogens with zero attached hydrogens (tertiary/aromatic N) is 2. The summed E-state index contributed by atoms with van der Waals surface area (Å²) < 4.78 is 0. The average molecular weight is 221 g/mol. The summed E-state index contributed by atoms with van der Waals surface area (Å²) in [5.74, 6) is 0.616. The van der Waals surface area contributed by atoms with Crippen LogP contribution < -0.4 is 5.56 Å². The molecular weight excluding hydrogens is 210 g/mol. The smallest absolute Gasteiger partial charge is 0.254 e. The molecule has 0 saturated carbocycles. The second-order valence-electron chi connectivity index (χ2n) is 3.21. The van der Waals surface area contributed by atoms with E-state index in [4.69, 9.17) is 0 Å². The summed E-state index contributed by atoms with van der Waals surface area (Å²) in [6.45, 7) is 3.78. The molecule has 0 saturated heterocycles. The monoisotopic (exact) mass is 221 g/mol. The van der Waals surface area contributed by atoms with Crippen LogP contribution >= 0.6 is 11.3 Å². The van der Waals surface area contributed by atoms with Gasteiger partial charge in [0.05, 0.1) is 16.1 Å². The molecule has 1 N–H and O–H groups in total. The van der Waals surface area contributed by atoms with Gasteiger partial charge in [0.25, 0.3) is 5.56 Å². The first-order valence-electron chi connectivity index (χ1n) is 4.71. The van der Waals surface area contributed by atoms with E-state index in [1.165, 1.54) is 11.3 Å². The second kappa shape index (κ2) is 3.94. The van der Waals surface area contributed by atoms with Gasteiger partial charge in [-0.1, -0.05) is 6.92 Å². The molecule has 0 unspecified atom stereocenters. The Bertz CT molecular complexity index is 516. The Morgan fingerprint density at radius 1 is 1.53 bits per heavy atom. The molecule has 78 valence electrons. The maximum atomic E-state index is 11.6. The number of hydrogen-bond acceptors (Lipinski definition) is 4. The van der Waals surface area contributed by atoms with Crippen LogP contribution in [-0.2, 0) is 6.42 Å². The molecule has 0 aliphatic heterocycles. The Balaban J connectivity index is 2.61. The lowest BCUT2D eigenvalue weighted by atomic mass is 10.2. The fraction of sp³-hybridized carbons (Fsp3) is 0.300. The number of rotatable bonds is 2. The highest BCUT2D eigenvalue weighted by atomic mass is 32.1. The quantitative estimate of drug-likeness (QED) is 0.840. The molecule has 0 spiro atoms. The first-order chi connectivity index (χ1) is 7.22. The van der Waals surface area contributed by atoms with Gasteiger partial charge in [-0.2, -0.15) is 0 Å². The lowest BCUT2D eigenvalue weighted by Gasteiger charge is -2.03. The van der Waals surface area contributed by atoms with Crippen LogP contribution in [0.1, 0.15) is 18.2 Å². The van der Waals surface area contributed by atoms with E-state index >= 15 is 0 Å². The summed E-state index contributed by atoms with van der Waals surface area (Å²) in [7, 11) is 0. The molecule has 5 heteroatoms. The minimum absolute atomic E-state index is 0.0646. The second-order valence-corrected chi connectivity index (χ2v) is 4.09. The minimum Gasteiger partial charge on any atom is -0.306 e. The van der Waals surface area contributed by atoms with E-state index in [0.717, 1.165) is 17.0 Å². The van der Waals surface area contributed by atoms with Crippen molar-refractivity contribution in [1.82, 2.24) is 15.0 Å². The predicted octanol–water partition coefficient (Wildman–Crippen LogP) is 1.76. The fourth-order valence-electron chi connectivity index (χ4n) is 1.37. The Morgan fingerprint density at radius 2 is 2.33 bits per heavy atom. The van der Waals surface area contributed by atoms with Gasteiger partial charge in [0, 0.05) is 11.8 Å². The van der Waals surface area contributed by atoms with Crippen molar-refractivity contribution in [3.8, 4) is 10.7 Å². The van der Waals surface area contributed by atoms with Crippen LogP contribution in [0, 0.1) is 6.92 Å². The highest BCUT2D eigenvalue weighted by Gasteiger charge is 2.08. The molecule has 0 aromatic carbocycles. The third kappa shape index (κ3) is 1.83. The van der Waals surface area contributed by atoms with Gasteiger partial charge < -0.3 is 4.98 Å². The maximum Gasteiger partial charge on any atom is 0.254 e. The summed E-state index contributed by atoms with van der Waals surface area (Å²) in [4.78, 5) is 23.6. The molecule has 0 bridgehead atoms. The van der Waals surface area contributed by atoms with E-state index < -0.39 is 0 Å². The van der Waals surface area contributed by atoms with E-state index in [0.29, 0.717) is 11.4 Å². The lowest BCUT2D eigenvalue weighted by molar-refractivity contribution is 0.957. The van der Waals surface area contributed by atoms with Crippen LogP contribution in [0.4, 0.5) is 0 Å². The standard InChI is InChI=1S/C10H11N3OS/c1-3-7-6(2)10(14)13-9(12-7)8-4-11-5-15-8/h4-5H,3H2,1-2H3,(H,12,13,14). The van der Waals surface area contributed by atoms with Crippen molar-refractivity contribution in [1.29, 1.82) is 0 Å². The number of nitrogens with one attached hydrogen (secondary N) is 1. The zero-order chi connectivity index (χ0) is 10.8. The van der Waals surface area contributed by atoms with Gasteiger partial charge in [0.1, 0.15) is 0 Å². The highest BCUT2D eigenvalue weighted by Crippen LogP contribution is 2.18. The molecule has 2 aromatic rings. The van der Waals surface area contributed by atoms with Crippen molar-refractivity contribution in [2.75, 3.05) is 0 Å². The van der Waals surface area contributed by atoms with Crippen LogP contribution in [-0.4, -0.2) is 15.0 Å². The topological polar surface area (TPSA) is 58.6 Å². The van der Waals surface area contributed by atoms with Gasteiger partial charge in [-0.3, -0.25) is 9.78 Å². The first kappa shape index (κ1) is 10.0. The normalized spacial score (nSPS) is 10.5. The van der Waals surface area contributed by atoms with Gasteiger partial charge in [0.2, 0.25) is 0 Å². The Hall–Kier alpha value is -1.49. The van der Waals surface area contributed by atoms with Crippen molar-refractivity contribution in [2.24, 2.45) is 0 Å². The molecule has 0 radical (unpaired) electrons. The molecule has 2 aromatic heterocycles. The first-order valence-corrected chi connectivity index (χ1v) is 5.59. The van der Waals surface area contributed by atoms with Crippen LogP contribution in [0.5, 0.6) is 0 Å². The minimum atomic E-state index is -0.0646. The van der Waals surface area contributed by atoms with Crippen LogP contribution in [0.2, 0.25) is 0 Å². The summed E-state index contributed by atoms with van der Waals surface area (Å²) in [6.07, 6.45) is 2.47. The third-order valence-electron chi connectivity index (χ3n) is 2.25. The predicted molar refractivity (Wildman–Crippen MR) is 60.1 cm³/mol. The van der Waals surface area contributed by atoms with E-state index in [9.17, 15) is 4.79 Å². The Labute approximate surface area is 91.0 Å². The molecule has 0 aliphatic carbocycles. The van der Waals surface area contributed by atoms with Gasteiger partial charge in [0.15, 0.2) is 5.82 Å². The third-order valence-corrected chi connectivity index (χ3v) is 3.03. The van der Waals surface area contributed by atoms with E-state index in [1.54, 1.807) is 18.6 Å². The highest BCUT2D eigenvalue weighted by molar-refractivity contribution is 7.13. The number of aromatic nitrogens is 3. The number of H-pyrrole nitrogens is 1. The molecule has 15 heavy (non-hydrogen) atoms. The molecule has 0 amide bonds. The number of hydrogen-bond donors (Lipinski definition) is 1. The molecule has 0 aliphatic rings. The molecular formula is C10H11N3OS. The number of aromatic amines is 1. The van der Waals surface area contributed by atoms with Crippen LogP contribution in [0.3, 0.4) is 0 Å². The van der Waals surface area contributed by atoms with Crippen molar-refractivity contribution >= 4 is 11.3 Å². The SMILES string of the molecule is CCc1nc(-c2cncs2)[nH]c(=O)c1C. The largest absolute Gasteiger partial charge is 0.306 e. The molecule has 2 heterocycles. The number of thiazole rings is 1. The van der Waals surface area contributed by atoms with Crippen LogP contribution in [0.25, 0.3) is 10.7 Å². The zero-order valence-corrected chi connectivity index (χ0v) is 9.39. The van der Waals surface area contributed by atoms with E-state index in [1.807, 2.05) is 6.92 Å². The average Bonchev–Trinajstić information content (AvgIpc) is 2.75. The maximum absolute atomic E-state index is 11.6. The van der Waals surface area contributed by atoms with Crippen LogP contribution in [0.15, 0.2) is 16.5 Å². The van der Waals surface area contributed by atoms with Gasteiger partial charge in [-0.05, 0) is 13.3 Å². The summed E-state index contributed by atoms with van der Waals surface area (Å²) >= 11 is 1.47. The Morgan fingerprint density at radius 3 is 2.93 bits per heavy atom. The van der Waals surface area contributed by atoms with Gasteiger partial charge >= 0.3 is 0 Å². The Kier molecular flexibility index (Phi) is 2.64. The summed E-state index contributed by atoms with van der Waals surface area (Å²) in [5, 5.41) is 0. The van der Waals surface area contributed by atoms with Gasteiger partial charge in [-0.25, -0.2) is 4.98 Å². The van der Waals surface area contributed by atoms with E-state index in [2.05, 4.69) is 15.0 Å². The molecule has 0 fully saturated rings. The van der Waals surface area contributed by atoms with Crippen molar-refractivity contribution < 1.29 is 0 Å². The number of aryl methyl sites for hydroxylation is 1. The van der Waals surface area contributed by atoms with Gasteiger partial charge in [-0.15, -0.1) is 11.3 Å². The molecule has 4 nitrogen and oxygen atoms in total. The van der Waals surface area contributed by atoms with E-state index in [-0.39, 0.29) is 5.56 Å². The lowest BCUT2D eigenvalue weighted by Crippen LogP contribution is -2.15. The van der Waals surface area contributed by atoms with Crippen molar-refractivity contribution in [3.05, 3.63) is 33.3 Å². The molecule has 2 rings (SSSR count). The summed E-state index contributed by atoms with van der Waals surface area (Å²) in [6, 6.07) is 0. The molecule has 0 atom stereocenters. The van der Waals surface area contributed by atoms with Crippen molar-refractivity contribution in [3.63, 3.8) is 0 Å². The fourth-order valence-corrected chi connectivity index (χ4v) is 1.94. The van der Waals surface area contributed by atoms with Crippen molar-refractivity contribution in [2.45, 2.75) is 20.3 Å². The zero-order valence-electron chi connectivity index (χ0n) is 8.57. The summed E-state index contributed by atoms with van der Waals surface area (Å²) in [5.41, 5.74) is 3.21.